The SMILES string of the molecule is CC/C=C\C/C=C\C/C=C\C/C=C\C/C=C\CCCCCC(=O)OCC(O)CO. The molecular weight excluding hydrogens is 364 g/mol. The summed E-state index contributed by atoms with van der Waals surface area (Å²) in [4.78, 5) is 11.4. The first-order valence-corrected chi connectivity index (χ1v) is 10.9. The van der Waals surface area contributed by atoms with Gasteiger partial charge in [0.1, 0.15) is 12.7 Å². The van der Waals surface area contributed by atoms with Crippen LogP contribution in [0.15, 0.2) is 60.8 Å². The molecule has 29 heavy (non-hydrogen) atoms. The van der Waals surface area contributed by atoms with Gasteiger partial charge in [-0.1, -0.05) is 74.1 Å². The van der Waals surface area contributed by atoms with Crippen LogP contribution in [0.2, 0.25) is 0 Å². The monoisotopic (exact) mass is 404 g/mol. The van der Waals surface area contributed by atoms with Crippen molar-refractivity contribution in [3.05, 3.63) is 60.8 Å². The van der Waals surface area contributed by atoms with E-state index < -0.39 is 6.10 Å². The van der Waals surface area contributed by atoms with E-state index in [0.29, 0.717) is 6.42 Å². The Hall–Kier alpha value is -1.91. The number of unbranched alkanes of at least 4 members (excludes halogenated alkanes) is 3. The van der Waals surface area contributed by atoms with Crippen molar-refractivity contribution in [2.75, 3.05) is 13.2 Å². The molecule has 0 aliphatic rings. The van der Waals surface area contributed by atoms with E-state index in [2.05, 4.69) is 67.7 Å². The highest BCUT2D eigenvalue weighted by atomic mass is 16.5. The summed E-state index contributed by atoms with van der Waals surface area (Å²) in [5, 5.41) is 17.7. The molecule has 0 fully saturated rings. The summed E-state index contributed by atoms with van der Waals surface area (Å²) < 4.78 is 4.85. The van der Waals surface area contributed by atoms with Gasteiger partial charge >= 0.3 is 5.97 Å². The maximum atomic E-state index is 11.4. The summed E-state index contributed by atoms with van der Waals surface area (Å²) in [7, 11) is 0. The Morgan fingerprint density at radius 1 is 0.793 bits per heavy atom. The Balaban J connectivity index is 3.47. The Bertz CT molecular complexity index is 515. The van der Waals surface area contributed by atoms with Crippen molar-refractivity contribution < 1.29 is 19.7 Å². The second-order valence-electron chi connectivity index (χ2n) is 6.83. The van der Waals surface area contributed by atoms with Crippen molar-refractivity contribution in [2.45, 2.75) is 77.2 Å². The molecule has 0 saturated carbocycles. The van der Waals surface area contributed by atoms with Gasteiger partial charge in [-0.15, -0.1) is 0 Å². The van der Waals surface area contributed by atoms with Crippen LogP contribution in [0.1, 0.15) is 71.1 Å². The lowest BCUT2D eigenvalue weighted by atomic mass is 10.1. The lowest BCUT2D eigenvalue weighted by Gasteiger charge is -2.08. The number of aliphatic hydroxyl groups is 2. The fourth-order valence-corrected chi connectivity index (χ4v) is 2.39. The van der Waals surface area contributed by atoms with Crippen LogP contribution >= 0.6 is 0 Å². The standard InChI is InChI=1S/C25H40O4/c1-2-3-4-5-6-7-8-9-10-11-12-13-14-15-16-17-18-19-20-21-25(28)29-23-24(27)22-26/h3-4,6-7,9-10,12-13,15-16,24,26-27H,2,5,8,11,14,17-23H2,1H3/b4-3-,7-6-,10-9-,13-12-,16-15-. The molecule has 0 spiro atoms. The van der Waals surface area contributed by atoms with Crippen LogP contribution in [0.5, 0.6) is 0 Å². The fraction of sp³-hybridized carbons (Fsp3) is 0.560. The highest BCUT2D eigenvalue weighted by Gasteiger charge is 2.07. The molecule has 0 aromatic heterocycles. The number of carbonyl (C=O) groups is 1. The molecule has 0 aliphatic heterocycles. The molecule has 0 aliphatic carbocycles. The maximum absolute atomic E-state index is 11.4. The van der Waals surface area contributed by atoms with E-state index in [4.69, 9.17) is 14.9 Å². The third-order valence-corrected chi connectivity index (χ3v) is 4.06. The van der Waals surface area contributed by atoms with Crippen LogP contribution in [0.3, 0.4) is 0 Å². The molecule has 0 rings (SSSR count). The number of aliphatic hydroxyl groups excluding tert-OH is 2. The fourth-order valence-electron chi connectivity index (χ4n) is 2.39. The lowest BCUT2D eigenvalue weighted by Crippen LogP contribution is -2.21. The van der Waals surface area contributed by atoms with Gasteiger partial charge in [0.05, 0.1) is 6.61 Å². The summed E-state index contributed by atoms with van der Waals surface area (Å²) in [5.74, 6) is -0.313. The number of esters is 1. The van der Waals surface area contributed by atoms with E-state index in [0.717, 1.165) is 57.8 Å². The van der Waals surface area contributed by atoms with Crippen LogP contribution in [0.4, 0.5) is 0 Å². The van der Waals surface area contributed by atoms with E-state index in [1.165, 1.54) is 0 Å². The lowest BCUT2D eigenvalue weighted by molar-refractivity contribution is -0.147. The summed E-state index contributed by atoms with van der Waals surface area (Å²) >= 11 is 0. The predicted octanol–water partition coefficient (Wildman–Crippen LogP) is 5.58. The highest BCUT2D eigenvalue weighted by molar-refractivity contribution is 5.69. The van der Waals surface area contributed by atoms with Gasteiger partial charge in [0.15, 0.2) is 0 Å². The molecule has 0 bridgehead atoms. The zero-order chi connectivity index (χ0) is 21.4. The highest BCUT2D eigenvalue weighted by Crippen LogP contribution is 2.05. The summed E-state index contributed by atoms with van der Waals surface area (Å²) in [6.07, 6.45) is 30.2. The number of hydrogen-bond donors (Lipinski definition) is 2. The molecule has 0 saturated heterocycles. The topological polar surface area (TPSA) is 66.8 Å². The second kappa shape index (κ2) is 22.4. The minimum absolute atomic E-state index is 0.130. The number of rotatable bonds is 18. The van der Waals surface area contributed by atoms with Crippen LogP contribution < -0.4 is 0 Å². The zero-order valence-electron chi connectivity index (χ0n) is 18.0. The van der Waals surface area contributed by atoms with E-state index in [9.17, 15) is 4.79 Å². The van der Waals surface area contributed by atoms with Gasteiger partial charge in [0, 0.05) is 6.42 Å². The molecule has 4 heteroatoms. The van der Waals surface area contributed by atoms with Crippen molar-refractivity contribution in [3.63, 3.8) is 0 Å². The van der Waals surface area contributed by atoms with E-state index in [1.807, 2.05) is 0 Å². The van der Waals surface area contributed by atoms with Crippen molar-refractivity contribution in [2.24, 2.45) is 0 Å². The first-order chi connectivity index (χ1) is 14.2. The van der Waals surface area contributed by atoms with Crippen molar-refractivity contribution in [3.8, 4) is 0 Å². The van der Waals surface area contributed by atoms with Crippen molar-refractivity contribution >= 4 is 5.97 Å². The third-order valence-electron chi connectivity index (χ3n) is 4.06. The third kappa shape index (κ3) is 22.2. The van der Waals surface area contributed by atoms with Gasteiger partial charge in [-0.2, -0.15) is 0 Å². The van der Waals surface area contributed by atoms with E-state index in [-0.39, 0.29) is 19.2 Å². The summed E-state index contributed by atoms with van der Waals surface area (Å²) in [6, 6.07) is 0. The number of allylic oxidation sites excluding steroid dienone is 10. The van der Waals surface area contributed by atoms with Gasteiger partial charge < -0.3 is 14.9 Å². The quantitative estimate of drug-likeness (QED) is 0.178. The van der Waals surface area contributed by atoms with Crippen LogP contribution in [0, 0.1) is 0 Å². The predicted molar refractivity (Wildman–Crippen MR) is 122 cm³/mol. The first kappa shape index (κ1) is 27.1. The Kier molecular flexibility index (Phi) is 20.9. The minimum atomic E-state index is -0.978. The summed E-state index contributed by atoms with van der Waals surface area (Å²) in [5.41, 5.74) is 0. The van der Waals surface area contributed by atoms with E-state index >= 15 is 0 Å². The number of ether oxygens (including phenoxy) is 1. The Labute approximate surface area is 177 Å². The molecule has 2 N–H and O–H groups in total. The molecule has 0 heterocycles. The first-order valence-electron chi connectivity index (χ1n) is 10.9. The van der Waals surface area contributed by atoms with Gasteiger partial charge in [-0.3, -0.25) is 4.79 Å². The van der Waals surface area contributed by atoms with Gasteiger partial charge in [0.25, 0.3) is 0 Å². The van der Waals surface area contributed by atoms with Gasteiger partial charge in [-0.05, 0) is 51.4 Å². The average Bonchev–Trinajstić information content (AvgIpc) is 2.73. The Morgan fingerprint density at radius 3 is 1.83 bits per heavy atom. The normalized spacial score (nSPS) is 13.6. The van der Waals surface area contributed by atoms with E-state index in [1.54, 1.807) is 0 Å². The molecular formula is C25H40O4. The van der Waals surface area contributed by atoms with Gasteiger partial charge in [-0.25, -0.2) is 0 Å². The Morgan fingerprint density at radius 2 is 1.31 bits per heavy atom. The van der Waals surface area contributed by atoms with Crippen LogP contribution in [-0.2, 0) is 9.53 Å². The van der Waals surface area contributed by atoms with Crippen LogP contribution in [0.25, 0.3) is 0 Å². The molecule has 164 valence electrons. The minimum Gasteiger partial charge on any atom is -0.463 e. The largest absolute Gasteiger partial charge is 0.463 e. The van der Waals surface area contributed by atoms with Crippen LogP contribution in [-0.4, -0.2) is 35.5 Å². The smallest absolute Gasteiger partial charge is 0.305 e. The van der Waals surface area contributed by atoms with Crippen molar-refractivity contribution in [1.29, 1.82) is 0 Å². The number of carbonyl (C=O) groups excluding carboxylic acids is 1. The second-order valence-corrected chi connectivity index (χ2v) is 6.83. The van der Waals surface area contributed by atoms with Crippen molar-refractivity contribution in [1.82, 2.24) is 0 Å². The maximum Gasteiger partial charge on any atom is 0.305 e. The average molecular weight is 405 g/mol. The molecule has 1 unspecified atom stereocenters. The molecule has 1 atom stereocenters. The molecule has 0 aromatic carbocycles. The molecule has 0 amide bonds. The molecule has 0 aromatic rings. The molecule has 0 radical (unpaired) electrons. The van der Waals surface area contributed by atoms with Gasteiger partial charge in [0.2, 0.25) is 0 Å². The number of hydrogen-bond acceptors (Lipinski definition) is 4. The summed E-state index contributed by atoms with van der Waals surface area (Å²) in [6.45, 7) is 1.63. The zero-order valence-corrected chi connectivity index (χ0v) is 18.0. The molecule has 4 nitrogen and oxygen atoms in total.